The average molecular weight is 336 g/mol. The molecule has 2 aromatic rings. The summed E-state index contributed by atoms with van der Waals surface area (Å²) in [6.07, 6.45) is 1.44. The molecule has 0 radical (unpaired) electrons. The van der Waals surface area contributed by atoms with Crippen molar-refractivity contribution in [2.24, 2.45) is 7.05 Å². The lowest BCUT2D eigenvalue weighted by Gasteiger charge is -2.10. The average Bonchev–Trinajstić information content (AvgIpc) is 2.51. The first kappa shape index (κ1) is 16.8. The van der Waals surface area contributed by atoms with Crippen molar-refractivity contribution in [1.29, 1.82) is 0 Å². The number of benzene rings is 1. The number of rotatable bonds is 4. The number of carbonyl (C=O) groups excluding carboxylic acids is 1. The van der Waals surface area contributed by atoms with E-state index >= 15 is 0 Å². The van der Waals surface area contributed by atoms with Crippen LogP contribution in [0.2, 0.25) is 0 Å². The molecular weight excluding hydrogens is 320 g/mol. The molecule has 1 heterocycles. The second-order valence-corrected chi connectivity index (χ2v) is 7.18. The van der Waals surface area contributed by atoms with Gasteiger partial charge in [0.05, 0.1) is 16.3 Å². The van der Waals surface area contributed by atoms with Crippen LogP contribution in [0.1, 0.15) is 17.3 Å². The number of amides is 1. The van der Waals surface area contributed by atoms with Crippen LogP contribution in [0.4, 0.5) is 5.69 Å². The van der Waals surface area contributed by atoms with E-state index in [1.165, 1.54) is 42.0 Å². The van der Waals surface area contributed by atoms with E-state index in [9.17, 15) is 23.1 Å². The van der Waals surface area contributed by atoms with Crippen LogP contribution in [0.3, 0.4) is 0 Å². The second kappa shape index (κ2) is 6.25. The van der Waals surface area contributed by atoms with Gasteiger partial charge in [-0.15, -0.1) is 0 Å². The molecule has 0 fully saturated rings. The first-order valence-electron chi connectivity index (χ1n) is 6.78. The Morgan fingerprint density at radius 3 is 2.57 bits per heavy atom. The van der Waals surface area contributed by atoms with Crippen molar-refractivity contribution in [3.8, 4) is 5.75 Å². The quantitative estimate of drug-likeness (QED) is 0.815. The molecule has 0 unspecified atom stereocenters. The summed E-state index contributed by atoms with van der Waals surface area (Å²) < 4.78 is 25.0. The molecule has 0 spiro atoms. The number of aryl methyl sites for hydroxylation is 1. The fourth-order valence-electron chi connectivity index (χ4n) is 1.86. The molecule has 0 saturated heterocycles. The van der Waals surface area contributed by atoms with Gasteiger partial charge in [0, 0.05) is 24.9 Å². The van der Waals surface area contributed by atoms with E-state index in [1.54, 1.807) is 7.05 Å². The summed E-state index contributed by atoms with van der Waals surface area (Å²) >= 11 is 0. The standard InChI is InChI=1S/C15H16N2O5S/c1-3-23(21,22)11-4-5-13(18)12(9-11)16-15(20)10-6-7-17(2)14(19)8-10/h4-9,18H,3H2,1-2H3,(H,16,20). The lowest BCUT2D eigenvalue weighted by molar-refractivity contribution is 0.102. The number of aromatic nitrogens is 1. The van der Waals surface area contributed by atoms with Crippen LogP contribution in [0.15, 0.2) is 46.2 Å². The number of phenolic OH excluding ortho intramolecular Hbond substituents is 1. The Balaban J connectivity index is 2.35. The van der Waals surface area contributed by atoms with E-state index in [1.807, 2.05) is 0 Å². The van der Waals surface area contributed by atoms with Crippen LogP contribution in [0.5, 0.6) is 5.75 Å². The van der Waals surface area contributed by atoms with Gasteiger partial charge in [-0.25, -0.2) is 8.42 Å². The smallest absolute Gasteiger partial charge is 0.256 e. The van der Waals surface area contributed by atoms with Gasteiger partial charge in [0.25, 0.3) is 11.5 Å². The number of pyridine rings is 1. The monoisotopic (exact) mass is 336 g/mol. The van der Waals surface area contributed by atoms with Crippen molar-refractivity contribution >= 4 is 21.4 Å². The summed E-state index contributed by atoms with van der Waals surface area (Å²) in [5, 5.41) is 12.2. The molecule has 0 aliphatic carbocycles. The molecule has 0 aliphatic heterocycles. The molecular formula is C15H16N2O5S. The van der Waals surface area contributed by atoms with Gasteiger partial charge in [-0.2, -0.15) is 0 Å². The van der Waals surface area contributed by atoms with Crippen molar-refractivity contribution in [2.45, 2.75) is 11.8 Å². The highest BCUT2D eigenvalue weighted by Crippen LogP contribution is 2.27. The Kier molecular flexibility index (Phi) is 4.55. The topological polar surface area (TPSA) is 105 Å². The van der Waals surface area contributed by atoms with E-state index in [-0.39, 0.29) is 33.2 Å². The number of nitrogens with zero attached hydrogens (tertiary/aromatic N) is 1. The minimum absolute atomic E-state index is 0.00271. The van der Waals surface area contributed by atoms with Gasteiger partial charge < -0.3 is 15.0 Å². The van der Waals surface area contributed by atoms with Gasteiger partial charge >= 0.3 is 0 Å². The van der Waals surface area contributed by atoms with Crippen LogP contribution in [0.25, 0.3) is 0 Å². The van der Waals surface area contributed by atoms with Crippen molar-refractivity contribution < 1.29 is 18.3 Å². The zero-order valence-corrected chi connectivity index (χ0v) is 13.4. The van der Waals surface area contributed by atoms with Crippen LogP contribution < -0.4 is 10.9 Å². The summed E-state index contributed by atoms with van der Waals surface area (Å²) in [6.45, 7) is 1.50. The van der Waals surface area contributed by atoms with Crippen LogP contribution in [-0.2, 0) is 16.9 Å². The van der Waals surface area contributed by atoms with Crippen molar-refractivity contribution in [2.75, 3.05) is 11.1 Å². The van der Waals surface area contributed by atoms with Crippen LogP contribution in [0, 0.1) is 0 Å². The predicted molar refractivity (Wildman–Crippen MR) is 85.5 cm³/mol. The number of phenols is 1. The molecule has 0 aliphatic rings. The highest BCUT2D eigenvalue weighted by molar-refractivity contribution is 7.91. The van der Waals surface area contributed by atoms with E-state index in [0.717, 1.165) is 6.07 Å². The molecule has 1 amide bonds. The van der Waals surface area contributed by atoms with Gasteiger partial charge in [-0.3, -0.25) is 9.59 Å². The van der Waals surface area contributed by atoms with Gasteiger partial charge in [0.15, 0.2) is 9.84 Å². The lowest BCUT2D eigenvalue weighted by Crippen LogP contribution is -2.20. The number of hydrogen-bond donors (Lipinski definition) is 2. The maximum Gasteiger partial charge on any atom is 0.256 e. The third-order valence-electron chi connectivity index (χ3n) is 3.32. The minimum atomic E-state index is -3.47. The first-order valence-corrected chi connectivity index (χ1v) is 8.43. The third kappa shape index (κ3) is 3.59. The predicted octanol–water partition coefficient (Wildman–Crippen LogP) is 1.14. The zero-order chi connectivity index (χ0) is 17.2. The number of anilines is 1. The van der Waals surface area contributed by atoms with Crippen LogP contribution >= 0.6 is 0 Å². The summed E-state index contributed by atoms with van der Waals surface area (Å²) in [7, 11) is -1.92. The van der Waals surface area contributed by atoms with Gasteiger partial charge in [0.2, 0.25) is 0 Å². The van der Waals surface area contributed by atoms with Crippen molar-refractivity contribution in [3.63, 3.8) is 0 Å². The summed E-state index contributed by atoms with van der Waals surface area (Å²) in [5.41, 5.74) is -0.286. The van der Waals surface area contributed by atoms with Gasteiger partial charge in [-0.1, -0.05) is 6.92 Å². The summed E-state index contributed by atoms with van der Waals surface area (Å²) in [5.74, 6) is -0.985. The maximum absolute atomic E-state index is 12.1. The molecule has 23 heavy (non-hydrogen) atoms. The molecule has 0 saturated carbocycles. The van der Waals surface area contributed by atoms with E-state index < -0.39 is 15.7 Å². The van der Waals surface area contributed by atoms with E-state index in [0.29, 0.717) is 0 Å². The molecule has 2 rings (SSSR count). The number of aromatic hydroxyl groups is 1. The normalized spacial score (nSPS) is 11.2. The van der Waals surface area contributed by atoms with Crippen molar-refractivity contribution in [1.82, 2.24) is 4.57 Å². The summed E-state index contributed by atoms with van der Waals surface area (Å²) in [6, 6.07) is 6.25. The Bertz CT molecular complexity index is 916. The molecule has 2 N–H and O–H groups in total. The van der Waals surface area contributed by atoms with Gasteiger partial charge in [0.1, 0.15) is 5.75 Å². The Labute approximate surface area is 133 Å². The number of hydrogen-bond acceptors (Lipinski definition) is 5. The highest BCUT2D eigenvalue weighted by atomic mass is 32.2. The Hall–Kier alpha value is -2.61. The fraction of sp³-hybridized carbons (Fsp3) is 0.200. The summed E-state index contributed by atoms with van der Waals surface area (Å²) in [4.78, 5) is 23.7. The number of sulfone groups is 1. The molecule has 1 aromatic heterocycles. The SMILES string of the molecule is CCS(=O)(=O)c1ccc(O)c(NC(=O)c2ccn(C)c(=O)c2)c1. The van der Waals surface area contributed by atoms with Gasteiger partial charge in [-0.05, 0) is 24.3 Å². The first-order chi connectivity index (χ1) is 10.7. The zero-order valence-electron chi connectivity index (χ0n) is 12.6. The largest absolute Gasteiger partial charge is 0.506 e. The fourth-order valence-corrected chi connectivity index (χ4v) is 2.77. The molecule has 0 bridgehead atoms. The minimum Gasteiger partial charge on any atom is -0.506 e. The molecule has 7 nitrogen and oxygen atoms in total. The highest BCUT2D eigenvalue weighted by Gasteiger charge is 2.16. The molecule has 0 atom stereocenters. The third-order valence-corrected chi connectivity index (χ3v) is 5.05. The number of nitrogens with one attached hydrogen (secondary N) is 1. The maximum atomic E-state index is 12.1. The number of carbonyl (C=O) groups is 1. The van der Waals surface area contributed by atoms with Crippen LogP contribution in [-0.4, -0.2) is 29.8 Å². The molecule has 1 aromatic carbocycles. The Morgan fingerprint density at radius 1 is 1.26 bits per heavy atom. The molecule has 122 valence electrons. The van der Waals surface area contributed by atoms with Crippen molar-refractivity contribution in [3.05, 3.63) is 52.4 Å². The Morgan fingerprint density at radius 2 is 1.96 bits per heavy atom. The lowest BCUT2D eigenvalue weighted by atomic mass is 10.2. The van der Waals surface area contributed by atoms with E-state index in [4.69, 9.17) is 0 Å². The molecule has 8 heteroatoms. The second-order valence-electron chi connectivity index (χ2n) is 4.90. The van der Waals surface area contributed by atoms with E-state index in [2.05, 4.69) is 5.32 Å².